The number of hydrogen-bond donors (Lipinski definition) is 1. The van der Waals surface area contributed by atoms with Gasteiger partial charge in [0.1, 0.15) is 5.75 Å². The number of anilines is 1. The number of carbonyl (C=O) groups is 2. The van der Waals surface area contributed by atoms with Crippen molar-refractivity contribution in [1.82, 2.24) is 5.32 Å². The molecule has 2 aromatic carbocycles. The molecule has 0 fully saturated rings. The molecule has 24 heavy (non-hydrogen) atoms. The van der Waals surface area contributed by atoms with Crippen LogP contribution >= 0.6 is 0 Å². The molecule has 0 saturated heterocycles. The predicted molar refractivity (Wildman–Crippen MR) is 94.5 cm³/mol. The minimum absolute atomic E-state index is 0.0490. The molecule has 0 spiro atoms. The van der Waals surface area contributed by atoms with Crippen molar-refractivity contribution in [2.75, 3.05) is 25.1 Å². The Labute approximate surface area is 142 Å². The number of likely N-dealkylation sites (N-methyl/N-ethyl adjacent to an activating group) is 1. The molecule has 0 heterocycles. The normalized spacial score (nSPS) is 10.1. The van der Waals surface area contributed by atoms with Crippen molar-refractivity contribution >= 4 is 17.5 Å². The summed E-state index contributed by atoms with van der Waals surface area (Å²) < 4.78 is 5.06. The molecular formula is C19H22N2O3. The van der Waals surface area contributed by atoms with Gasteiger partial charge in [0.05, 0.1) is 13.7 Å². The molecule has 0 atom stereocenters. The van der Waals surface area contributed by atoms with Gasteiger partial charge < -0.3 is 15.0 Å². The lowest BCUT2D eigenvalue weighted by atomic mass is 10.2. The van der Waals surface area contributed by atoms with Gasteiger partial charge in [0.2, 0.25) is 5.91 Å². The smallest absolute Gasteiger partial charge is 0.251 e. The van der Waals surface area contributed by atoms with E-state index in [1.54, 1.807) is 36.3 Å². The van der Waals surface area contributed by atoms with Crippen LogP contribution in [0.25, 0.3) is 0 Å². The Bertz CT molecular complexity index is 711. The number of rotatable bonds is 6. The van der Waals surface area contributed by atoms with Crippen LogP contribution in [0.15, 0.2) is 48.5 Å². The van der Waals surface area contributed by atoms with Crippen LogP contribution in [0.5, 0.6) is 5.75 Å². The van der Waals surface area contributed by atoms with Gasteiger partial charge in [-0.25, -0.2) is 0 Å². The number of hydrogen-bond acceptors (Lipinski definition) is 3. The number of benzene rings is 2. The molecular weight excluding hydrogens is 304 g/mol. The monoisotopic (exact) mass is 326 g/mol. The van der Waals surface area contributed by atoms with Gasteiger partial charge in [0, 0.05) is 17.8 Å². The number of nitrogens with one attached hydrogen (secondary N) is 1. The van der Waals surface area contributed by atoms with Crippen molar-refractivity contribution < 1.29 is 14.3 Å². The Morgan fingerprint density at radius 1 is 1.12 bits per heavy atom. The fourth-order valence-electron chi connectivity index (χ4n) is 2.39. The summed E-state index contributed by atoms with van der Waals surface area (Å²) in [5, 5.41) is 2.66. The van der Waals surface area contributed by atoms with Gasteiger partial charge >= 0.3 is 0 Å². The van der Waals surface area contributed by atoms with Crippen molar-refractivity contribution in [3.63, 3.8) is 0 Å². The van der Waals surface area contributed by atoms with Crippen molar-refractivity contribution in [2.45, 2.75) is 13.8 Å². The lowest BCUT2D eigenvalue weighted by Gasteiger charge is -2.21. The van der Waals surface area contributed by atoms with Crippen LogP contribution in [0.3, 0.4) is 0 Å². The second kappa shape index (κ2) is 8.15. The number of methoxy groups -OCH3 is 1. The summed E-state index contributed by atoms with van der Waals surface area (Å²) >= 11 is 0. The van der Waals surface area contributed by atoms with Gasteiger partial charge in [-0.05, 0) is 55.8 Å². The predicted octanol–water partition coefficient (Wildman–Crippen LogP) is 2.79. The summed E-state index contributed by atoms with van der Waals surface area (Å²) in [6.07, 6.45) is 0. The zero-order valence-corrected chi connectivity index (χ0v) is 14.2. The molecule has 5 heteroatoms. The van der Waals surface area contributed by atoms with Crippen LogP contribution in [-0.2, 0) is 4.79 Å². The van der Waals surface area contributed by atoms with Gasteiger partial charge in [0.15, 0.2) is 0 Å². The van der Waals surface area contributed by atoms with Crippen LogP contribution < -0.4 is 15.0 Å². The first-order valence-corrected chi connectivity index (χ1v) is 7.84. The second-order valence-corrected chi connectivity index (χ2v) is 5.39. The molecule has 5 nitrogen and oxygen atoms in total. The SMILES string of the molecule is CCN(C(=O)CNC(=O)c1ccc(OC)cc1)c1cccc(C)c1. The van der Waals surface area contributed by atoms with Crippen LogP contribution in [-0.4, -0.2) is 32.0 Å². The molecule has 0 bridgehead atoms. The number of aryl methyl sites for hydroxylation is 1. The fourth-order valence-corrected chi connectivity index (χ4v) is 2.39. The molecule has 0 saturated carbocycles. The third kappa shape index (κ3) is 4.35. The number of nitrogens with zero attached hydrogens (tertiary/aromatic N) is 1. The topological polar surface area (TPSA) is 58.6 Å². The fraction of sp³-hybridized carbons (Fsp3) is 0.263. The lowest BCUT2D eigenvalue weighted by molar-refractivity contribution is -0.117. The van der Waals surface area contributed by atoms with E-state index in [1.807, 2.05) is 38.1 Å². The highest BCUT2D eigenvalue weighted by Gasteiger charge is 2.15. The number of carbonyl (C=O) groups excluding carboxylic acids is 2. The van der Waals surface area contributed by atoms with E-state index in [1.165, 1.54) is 0 Å². The lowest BCUT2D eigenvalue weighted by Crippen LogP contribution is -2.40. The molecule has 0 aliphatic rings. The van der Waals surface area contributed by atoms with E-state index in [2.05, 4.69) is 5.32 Å². The maximum atomic E-state index is 12.4. The van der Waals surface area contributed by atoms with E-state index < -0.39 is 0 Å². The third-order valence-corrected chi connectivity index (χ3v) is 3.68. The van der Waals surface area contributed by atoms with Gasteiger partial charge in [-0.3, -0.25) is 9.59 Å². The molecule has 126 valence electrons. The van der Waals surface area contributed by atoms with Crippen molar-refractivity contribution in [3.8, 4) is 5.75 Å². The Kier molecular flexibility index (Phi) is 5.95. The zero-order chi connectivity index (χ0) is 17.5. The summed E-state index contributed by atoms with van der Waals surface area (Å²) in [5.74, 6) is 0.246. The largest absolute Gasteiger partial charge is 0.497 e. The van der Waals surface area contributed by atoms with Gasteiger partial charge in [0.25, 0.3) is 5.91 Å². The van der Waals surface area contributed by atoms with Crippen LogP contribution in [0, 0.1) is 6.92 Å². The third-order valence-electron chi connectivity index (χ3n) is 3.68. The molecule has 2 rings (SSSR count). The Morgan fingerprint density at radius 2 is 1.83 bits per heavy atom. The number of amides is 2. The average Bonchev–Trinajstić information content (AvgIpc) is 2.60. The Morgan fingerprint density at radius 3 is 2.42 bits per heavy atom. The highest BCUT2D eigenvalue weighted by Crippen LogP contribution is 2.16. The Hall–Kier alpha value is -2.82. The van der Waals surface area contributed by atoms with Gasteiger partial charge in [-0.2, -0.15) is 0 Å². The molecule has 2 amide bonds. The summed E-state index contributed by atoms with van der Waals surface area (Å²) in [6.45, 7) is 4.38. The molecule has 0 radical (unpaired) electrons. The Balaban J connectivity index is 1.98. The number of ether oxygens (including phenoxy) is 1. The van der Waals surface area contributed by atoms with Crippen molar-refractivity contribution in [2.24, 2.45) is 0 Å². The highest BCUT2D eigenvalue weighted by molar-refractivity contribution is 6.00. The van der Waals surface area contributed by atoms with Crippen molar-refractivity contribution in [1.29, 1.82) is 0 Å². The molecule has 1 N–H and O–H groups in total. The maximum absolute atomic E-state index is 12.4. The van der Waals surface area contributed by atoms with Crippen LogP contribution in [0.2, 0.25) is 0 Å². The van der Waals surface area contributed by atoms with Crippen LogP contribution in [0.4, 0.5) is 5.69 Å². The summed E-state index contributed by atoms with van der Waals surface area (Å²) in [5.41, 5.74) is 2.41. The average molecular weight is 326 g/mol. The molecule has 0 aliphatic heterocycles. The van der Waals surface area contributed by atoms with E-state index in [0.29, 0.717) is 17.9 Å². The minimum atomic E-state index is -0.286. The van der Waals surface area contributed by atoms with E-state index in [0.717, 1.165) is 11.3 Å². The summed E-state index contributed by atoms with van der Waals surface area (Å²) in [7, 11) is 1.57. The standard InChI is InChI=1S/C19H22N2O3/c1-4-21(16-7-5-6-14(2)12-16)18(22)13-20-19(23)15-8-10-17(24-3)11-9-15/h5-12H,4,13H2,1-3H3,(H,20,23). The van der Waals surface area contributed by atoms with Crippen molar-refractivity contribution in [3.05, 3.63) is 59.7 Å². The molecule has 2 aromatic rings. The van der Waals surface area contributed by atoms with E-state index in [-0.39, 0.29) is 18.4 Å². The molecule has 0 aromatic heterocycles. The van der Waals surface area contributed by atoms with Gasteiger partial charge in [-0.15, -0.1) is 0 Å². The first kappa shape index (κ1) is 17.5. The summed E-state index contributed by atoms with van der Waals surface area (Å²) in [4.78, 5) is 26.2. The maximum Gasteiger partial charge on any atom is 0.251 e. The first-order chi connectivity index (χ1) is 11.5. The first-order valence-electron chi connectivity index (χ1n) is 7.84. The van der Waals surface area contributed by atoms with E-state index in [9.17, 15) is 9.59 Å². The molecule has 0 aliphatic carbocycles. The second-order valence-electron chi connectivity index (χ2n) is 5.39. The molecule has 0 unspecified atom stereocenters. The van der Waals surface area contributed by atoms with E-state index in [4.69, 9.17) is 4.74 Å². The van der Waals surface area contributed by atoms with Gasteiger partial charge in [-0.1, -0.05) is 12.1 Å². The highest BCUT2D eigenvalue weighted by atomic mass is 16.5. The minimum Gasteiger partial charge on any atom is -0.497 e. The quantitative estimate of drug-likeness (QED) is 0.888. The zero-order valence-electron chi connectivity index (χ0n) is 14.2. The summed E-state index contributed by atoms with van der Waals surface area (Å²) in [6, 6.07) is 14.5. The van der Waals surface area contributed by atoms with E-state index >= 15 is 0 Å². The van der Waals surface area contributed by atoms with Crippen LogP contribution in [0.1, 0.15) is 22.8 Å².